The zero-order valence-corrected chi connectivity index (χ0v) is 64.5. The van der Waals surface area contributed by atoms with Crippen LogP contribution in [0.5, 0.6) is 23.0 Å². The van der Waals surface area contributed by atoms with Crippen LogP contribution in [-0.4, -0.2) is 32.6 Å². The molecule has 496 valence electrons. The van der Waals surface area contributed by atoms with Crippen molar-refractivity contribution in [2.24, 2.45) is 10.8 Å². The van der Waals surface area contributed by atoms with Crippen LogP contribution in [0.25, 0.3) is 77.2 Å². The van der Waals surface area contributed by atoms with E-state index in [2.05, 4.69) is 246 Å². The van der Waals surface area contributed by atoms with Crippen LogP contribution >= 0.6 is 0 Å². The number of hydrogen-bond donors (Lipinski definition) is 2. The Morgan fingerprint density at radius 1 is 0.351 bits per heavy atom. The zero-order chi connectivity index (χ0) is 68.4. The second-order valence-corrected chi connectivity index (χ2v) is 34.9. The first-order valence-electron chi connectivity index (χ1n) is 33.6. The first-order chi connectivity index (χ1) is 42.8. The Bertz CT molecular complexity index is 4120. The number of fused-ring (bicyclic) bond motifs is 6. The van der Waals surface area contributed by atoms with E-state index in [1.807, 2.05) is 26.0 Å². The smallest absolute Gasteiger partial charge is 0.147 e. The fourth-order valence-electron chi connectivity index (χ4n) is 14.7. The first-order valence-corrected chi connectivity index (χ1v) is 33.6. The van der Waals surface area contributed by atoms with Crippen LogP contribution in [0.1, 0.15) is 216 Å². The quantitative estimate of drug-likeness (QED) is 0.0841. The molecule has 10 rings (SSSR count). The van der Waals surface area contributed by atoms with Gasteiger partial charge in [0, 0.05) is 76.1 Å². The summed E-state index contributed by atoms with van der Waals surface area (Å²) in [5.41, 5.74) is 13.3. The number of nitrogens with zero attached hydrogens (tertiary/aromatic N) is 2. The molecular formula is C85H104F2HfN2O4. The molecule has 94 heavy (non-hydrogen) atoms. The zero-order valence-electron chi connectivity index (χ0n) is 60.9. The van der Waals surface area contributed by atoms with Gasteiger partial charge in [-0.15, -0.1) is 0 Å². The van der Waals surface area contributed by atoms with Crippen molar-refractivity contribution in [1.82, 2.24) is 9.13 Å². The van der Waals surface area contributed by atoms with Crippen molar-refractivity contribution in [2.45, 2.75) is 218 Å². The molecule has 2 N–H and O–H groups in total. The van der Waals surface area contributed by atoms with Gasteiger partial charge in [-0.1, -0.05) is 201 Å². The molecule has 0 unspecified atom stereocenters. The van der Waals surface area contributed by atoms with Gasteiger partial charge in [-0.3, -0.25) is 0 Å². The minimum Gasteiger partial charge on any atom is -0.505 e. The van der Waals surface area contributed by atoms with Crippen LogP contribution in [0.15, 0.2) is 121 Å². The predicted octanol–water partition coefficient (Wildman–Crippen LogP) is 24.0. The number of aryl methyl sites for hydroxylation is 2. The van der Waals surface area contributed by atoms with Crippen molar-refractivity contribution in [3.05, 3.63) is 177 Å². The van der Waals surface area contributed by atoms with Gasteiger partial charge in [-0.25, -0.2) is 8.78 Å². The monoisotopic (exact) mass is 1430 g/mol. The first kappa shape index (κ1) is 71.6. The Morgan fingerprint density at radius 3 is 0.883 bits per heavy atom. The molecule has 0 amide bonds. The van der Waals surface area contributed by atoms with Gasteiger partial charge in [0.2, 0.25) is 0 Å². The molecule has 8 aromatic carbocycles. The summed E-state index contributed by atoms with van der Waals surface area (Å²) in [6, 6.07) is 41.1. The Labute approximate surface area is 579 Å². The van der Waals surface area contributed by atoms with Crippen LogP contribution in [-0.2, 0) is 58.3 Å². The van der Waals surface area contributed by atoms with E-state index in [1.165, 1.54) is 46.5 Å². The molecule has 6 nitrogen and oxygen atoms in total. The van der Waals surface area contributed by atoms with Gasteiger partial charge in [0.05, 0.1) is 46.7 Å². The summed E-state index contributed by atoms with van der Waals surface area (Å²) in [5.74, 6) is 0.0528. The number of aromatic hydroxyl groups is 2. The van der Waals surface area contributed by atoms with Gasteiger partial charge < -0.3 is 28.8 Å². The van der Waals surface area contributed by atoms with E-state index in [-0.39, 0.29) is 93.9 Å². The molecular weight excluding hydrogens is 1330 g/mol. The maximum atomic E-state index is 16.3. The van der Waals surface area contributed by atoms with E-state index in [1.54, 1.807) is 0 Å². The van der Waals surface area contributed by atoms with E-state index >= 15 is 8.78 Å². The molecule has 0 saturated heterocycles. The van der Waals surface area contributed by atoms with E-state index in [4.69, 9.17) is 9.47 Å². The molecule has 0 atom stereocenters. The molecule has 0 bridgehead atoms. The Hall–Kier alpha value is -6.71. The molecule has 0 aliphatic heterocycles. The fourth-order valence-corrected chi connectivity index (χ4v) is 14.7. The molecule has 9 heteroatoms. The van der Waals surface area contributed by atoms with Gasteiger partial charge in [0.25, 0.3) is 0 Å². The van der Waals surface area contributed by atoms with Gasteiger partial charge in [-0.2, -0.15) is 0 Å². The second-order valence-electron chi connectivity index (χ2n) is 34.9. The van der Waals surface area contributed by atoms with E-state index < -0.39 is 11.6 Å². The summed E-state index contributed by atoms with van der Waals surface area (Å²) >= 11 is 0. The minimum absolute atomic E-state index is 0. The molecule has 0 aliphatic rings. The van der Waals surface area contributed by atoms with Crippen LogP contribution in [0.4, 0.5) is 8.78 Å². The van der Waals surface area contributed by atoms with Crippen molar-refractivity contribution < 1.29 is 54.3 Å². The Kier molecular flexibility index (Phi) is 19.1. The van der Waals surface area contributed by atoms with Gasteiger partial charge in [0.1, 0.15) is 34.6 Å². The molecule has 0 aliphatic carbocycles. The number of ether oxygens (including phenoxy) is 2. The topological polar surface area (TPSA) is 68.8 Å². The van der Waals surface area contributed by atoms with Crippen molar-refractivity contribution in [3.63, 3.8) is 0 Å². The second kappa shape index (κ2) is 25.1. The number of aromatic nitrogens is 2. The standard InChI is InChI=1S/C85H104F2N2O4.Hf/c1-50-36-58(86)46-66(64-38-56(84(21,22)48-78(3,4)5)44-72(74(64)90)88-68-40-52(80(9,10)11)26-30-60(68)61-31-27-53(41-69(61)88)81(12,13)14)76(50)92-34-25-35-93-77-51(2)37-59(87)47-67(77)65-39-57(85(23,24)49-79(6,7)8)45-73(75(65)91)89-70-42-54(82(15,16)17)28-32-62(70)63-33-29-55(43-71(63)89)83(18,19)20;/h26-33,36-47,90-91H,25,34-35,48-49H2,1-24H3;. The fraction of sp³-hybridized carbons (Fsp3) is 0.435. The summed E-state index contributed by atoms with van der Waals surface area (Å²) in [4.78, 5) is 0. The van der Waals surface area contributed by atoms with Gasteiger partial charge >= 0.3 is 0 Å². The molecule has 2 heterocycles. The van der Waals surface area contributed by atoms with Crippen molar-refractivity contribution >= 4 is 43.6 Å². The largest absolute Gasteiger partial charge is 0.505 e. The van der Waals surface area contributed by atoms with Gasteiger partial charge in [-0.05, 0) is 187 Å². The number of halogens is 2. The van der Waals surface area contributed by atoms with Crippen LogP contribution in [0.3, 0.4) is 0 Å². The van der Waals surface area contributed by atoms with E-state index in [9.17, 15) is 10.2 Å². The number of hydrogen-bond acceptors (Lipinski definition) is 4. The predicted molar refractivity (Wildman–Crippen MR) is 390 cm³/mol. The van der Waals surface area contributed by atoms with Crippen LogP contribution in [0.2, 0.25) is 0 Å². The number of phenols is 2. The summed E-state index contributed by atoms with van der Waals surface area (Å²) in [6.45, 7) is 53.2. The number of rotatable bonds is 14. The van der Waals surface area contributed by atoms with Crippen molar-refractivity contribution in [2.75, 3.05) is 13.2 Å². The third-order valence-corrected chi connectivity index (χ3v) is 19.0. The molecule has 2 aromatic heterocycles. The summed E-state index contributed by atoms with van der Waals surface area (Å²) in [5, 5.41) is 30.8. The van der Waals surface area contributed by atoms with Crippen molar-refractivity contribution in [1.29, 1.82) is 0 Å². The summed E-state index contributed by atoms with van der Waals surface area (Å²) < 4.78 is 50.7. The SMILES string of the molecule is Cc1cc(F)cc(-c2cc(C(C)(C)CC(C)(C)C)cc(-n3c4cc(C(C)(C)C)ccc4c4ccc(C(C)(C)C)cc43)c2O)c1OCCCOc1c(C)cc(F)cc1-c1cc(C(C)(C)CC(C)(C)C)cc(-n2c3cc(C(C)(C)C)ccc3c3ccc(C(C)(C)C)cc32)c1O.[Hf]. The third kappa shape index (κ3) is 14.4. The number of benzene rings is 8. The van der Waals surface area contributed by atoms with Gasteiger partial charge in [0.15, 0.2) is 0 Å². The Balaban J connectivity index is 0.0000104. The van der Waals surface area contributed by atoms with E-state index in [0.717, 1.165) is 67.6 Å². The van der Waals surface area contributed by atoms with Crippen molar-refractivity contribution in [3.8, 4) is 56.6 Å². The molecule has 0 saturated carbocycles. The number of phenolic OH excluding ortho intramolecular Hbond substituents is 2. The van der Waals surface area contributed by atoms with Crippen LogP contribution < -0.4 is 9.47 Å². The minimum atomic E-state index is -0.445. The molecule has 10 aromatic rings. The average Bonchev–Trinajstić information content (AvgIpc) is 1.58. The summed E-state index contributed by atoms with van der Waals surface area (Å²) in [7, 11) is 0. The maximum Gasteiger partial charge on any atom is 0.147 e. The third-order valence-electron chi connectivity index (χ3n) is 19.0. The molecule has 0 radical (unpaired) electrons. The Morgan fingerprint density at radius 2 is 0.628 bits per heavy atom. The maximum absolute atomic E-state index is 16.3. The molecule has 0 spiro atoms. The average molecular weight is 1430 g/mol. The normalized spacial score (nSPS) is 13.2. The van der Waals surface area contributed by atoms with Crippen LogP contribution in [0, 0.1) is 36.3 Å². The summed E-state index contributed by atoms with van der Waals surface area (Å²) in [6.07, 6.45) is 2.05. The molecule has 0 fully saturated rings. The van der Waals surface area contributed by atoms with E-state index in [0.29, 0.717) is 62.7 Å².